The van der Waals surface area contributed by atoms with E-state index in [1.54, 1.807) is 23.8 Å². The molecular formula is C11H10N2O2. The standard InChI is InChI=1S/C11H10N2O2/c1-7-5-10-8(6-12-7)3-2-4-9(10)11(14)13-15/h2-6,15H,1H3,(H,13,14). The summed E-state index contributed by atoms with van der Waals surface area (Å²) in [6.45, 7) is 1.85. The first-order valence-electron chi connectivity index (χ1n) is 4.52. The summed E-state index contributed by atoms with van der Waals surface area (Å²) in [5, 5.41) is 10.3. The third-order valence-electron chi connectivity index (χ3n) is 2.25. The number of hydrogen-bond acceptors (Lipinski definition) is 3. The van der Waals surface area contributed by atoms with Crippen LogP contribution in [0.25, 0.3) is 10.8 Å². The van der Waals surface area contributed by atoms with Crippen LogP contribution < -0.4 is 5.48 Å². The zero-order chi connectivity index (χ0) is 10.8. The van der Waals surface area contributed by atoms with Crippen LogP contribution in [-0.2, 0) is 0 Å². The molecule has 0 spiro atoms. The minimum absolute atomic E-state index is 0.445. The van der Waals surface area contributed by atoms with E-state index >= 15 is 0 Å². The minimum Gasteiger partial charge on any atom is -0.288 e. The molecule has 0 unspecified atom stereocenters. The van der Waals surface area contributed by atoms with Crippen LogP contribution in [0.3, 0.4) is 0 Å². The lowest BCUT2D eigenvalue weighted by atomic mass is 10.1. The molecule has 15 heavy (non-hydrogen) atoms. The van der Waals surface area contributed by atoms with Gasteiger partial charge in [0, 0.05) is 22.8 Å². The predicted octanol–water partition coefficient (Wildman–Crippen LogP) is 1.66. The lowest BCUT2D eigenvalue weighted by Gasteiger charge is -2.04. The molecule has 0 aliphatic heterocycles. The minimum atomic E-state index is -0.508. The lowest BCUT2D eigenvalue weighted by molar-refractivity contribution is 0.0708. The van der Waals surface area contributed by atoms with Gasteiger partial charge in [-0.25, -0.2) is 5.48 Å². The molecule has 0 bridgehead atoms. The van der Waals surface area contributed by atoms with Crippen molar-refractivity contribution in [2.75, 3.05) is 0 Å². The summed E-state index contributed by atoms with van der Waals surface area (Å²) in [5.74, 6) is -0.508. The molecule has 2 N–H and O–H groups in total. The zero-order valence-electron chi connectivity index (χ0n) is 8.19. The van der Waals surface area contributed by atoms with Crippen LogP contribution in [0, 0.1) is 6.92 Å². The van der Waals surface area contributed by atoms with E-state index in [-0.39, 0.29) is 0 Å². The molecule has 0 atom stereocenters. The Morgan fingerprint density at radius 3 is 3.00 bits per heavy atom. The second kappa shape index (κ2) is 3.67. The molecule has 0 fully saturated rings. The monoisotopic (exact) mass is 202 g/mol. The van der Waals surface area contributed by atoms with Crippen LogP contribution in [0.5, 0.6) is 0 Å². The fourth-order valence-electron chi connectivity index (χ4n) is 1.53. The van der Waals surface area contributed by atoms with Gasteiger partial charge in [0.1, 0.15) is 0 Å². The molecule has 0 aliphatic rings. The first-order valence-corrected chi connectivity index (χ1v) is 4.52. The molecular weight excluding hydrogens is 192 g/mol. The average Bonchev–Trinajstić information content (AvgIpc) is 2.27. The van der Waals surface area contributed by atoms with Gasteiger partial charge in [-0.3, -0.25) is 15.0 Å². The molecule has 4 nitrogen and oxygen atoms in total. The quantitative estimate of drug-likeness (QED) is 0.546. The number of benzene rings is 1. The van der Waals surface area contributed by atoms with E-state index in [4.69, 9.17) is 5.21 Å². The van der Waals surface area contributed by atoms with Crippen molar-refractivity contribution in [1.82, 2.24) is 10.5 Å². The van der Waals surface area contributed by atoms with Crippen molar-refractivity contribution >= 4 is 16.7 Å². The fourth-order valence-corrected chi connectivity index (χ4v) is 1.53. The number of aromatic nitrogens is 1. The highest BCUT2D eigenvalue weighted by molar-refractivity contribution is 6.06. The molecule has 0 saturated carbocycles. The van der Waals surface area contributed by atoms with E-state index in [1.165, 1.54) is 0 Å². The molecule has 0 saturated heterocycles. The number of carbonyl (C=O) groups is 1. The smallest absolute Gasteiger partial charge is 0.275 e. The molecule has 0 aliphatic carbocycles. The Labute approximate surface area is 86.5 Å². The Morgan fingerprint density at radius 1 is 1.47 bits per heavy atom. The Kier molecular flexibility index (Phi) is 2.35. The van der Waals surface area contributed by atoms with Gasteiger partial charge in [0.2, 0.25) is 0 Å². The summed E-state index contributed by atoms with van der Waals surface area (Å²) in [6, 6.07) is 7.10. The second-order valence-corrected chi connectivity index (χ2v) is 3.29. The number of hydroxylamine groups is 1. The number of nitrogens with one attached hydrogen (secondary N) is 1. The largest absolute Gasteiger partial charge is 0.288 e. The number of rotatable bonds is 1. The van der Waals surface area contributed by atoms with Crippen LogP contribution in [0.2, 0.25) is 0 Å². The third kappa shape index (κ3) is 1.67. The number of nitrogens with zero attached hydrogens (tertiary/aromatic N) is 1. The highest BCUT2D eigenvalue weighted by Crippen LogP contribution is 2.18. The third-order valence-corrected chi connectivity index (χ3v) is 2.25. The van der Waals surface area contributed by atoms with Crippen molar-refractivity contribution in [2.24, 2.45) is 0 Å². The van der Waals surface area contributed by atoms with E-state index in [2.05, 4.69) is 4.98 Å². The number of pyridine rings is 1. The number of aryl methyl sites for hydroxylation is 1. The molecule has 2 aromatic rings. The maximum atomic E-state index is 11.4. The molecule has 0 radical (unpaired) electrons. The van der Waals surface area contributed by atoms with Gasteiger partial charge in [-0.15, -0.1) is 0 Å². The Hall–Kier alpha value is -1.94. The van der Waals surface area contributed by atoms with E-state index in [0.717, 1.165) is 16.5 Å². The fraction of sp³-hybridized carbons (Fsp3) is 0.0909. The predicted molar refractivity (Wildman–Crippen MR) is 55.7 cm³/mol. The Morgan fingerprint density at radius 2 is 2.27 bits per heavy atom. The number of fused-ring (bicyclic) bond motifs is 1. The molecule has 1 amide bonds. The maximum Gasteiger partial charge on any atom is 0.275 e. The van der Waals surface area contributed by atoms with Crippen molar-refractivity contribution in [3.8, 4) is 0 Å². The van der Waals surface area contributed by atoms with Gasteiger partial charge >= 0.3 is 0 Å². The summed E-state index contributed by atoms with van der Waals surface area (Å²) in [7, 11) is 0. The molecule has 76 valence electrons. The maximum absolute atomic E-state index is 11.4. The summed E-state index contributed by atoms with van der Waals surface area (Å²) in [5.41, 5.74) is 2.91. The van der Waals surface area contributed by atoms with Gasteiger partial charge in [0.05, 0.1) is 0 Å². The normalized spacial score (nSPS) is 10.3. The molecule has 2 rings (SSSR count). The molecule has 1 aromatic carbocycles. The topological polar surface area (TPSA) is 62.2 Å². The second-order valence-electron chi connectivity index (χ2n) is 3.29. The molecule has 4 heteroatoms. The number of carbonyl (C=O) groups excluding carboxylic acids is 1. The Bertz CT molecular complexity index is 523. The van der Waals surface area contributed by atoms with Crippen molar-refractivity contribution in [3.05, 3.63) is 41.7 Å². The molecule has 1 heterocycles. The van der Waals surface area contributed by atoms with Crippen LogP contribution >= 0.6 is 0 Å². The van der Waals surface area contributed by atoms with E-state index in [0.29, 0.717) is 5.56 Å². The highest BCUT2D eigenvalue weighted by Gasteiger charge is 2.08. The van der Waals surface area contributed by atoms with Crippen molar-refractivity contribution < 1.29 is 10.0 Å². The van der Waals surface area contributed by atoms with Crippen molar-refractivity contribution in [3.63, 3.8) is 0 Å². The zero-order valence-corrected chi connectivity index (χ0v) is 8.19. The van der Waals surface area contributed by atoms with Crippen molar-refractivity contribution in [1.29, 1.82) is 0 Å². The van der Waals surface area contributed by atoms with Gasteiger partial charge in [0.25, 0.3) is 5.91 Å². The SMILES string of the molecule is Cc1cc2c(C(=O)NO)cccc2cn1. The van der Waals surface area contributed by atoms with Crippen LogP contribution in [0.15, 0.2) is 30.5 Å². The summed E-state index contributed by atoms with van der Waals surface area (Å²) in [4.78, 5) is 15.5. The summed E-state index contributed by atoms with van der Waals surface area (Å²) < 4.78 is 0. The van der Waals surface area contributed by atoms with E-state index < -0.39 is 5.91 Å². The van der Waals surface area contributed by atoms with Crippen LogP contribution in [-0.4, -0.2) is 16.1 Å². The van der Waals surface area contributed by atoms with E-state index in [1.807, 2.05) is 19.1 Å². The number of amides is 1. The first kappa shape index (κ1) is 9.61. The average molecular weight is 202 g/mol. The summed E-state index contributed by atoms with van der Waals surface area (Å²) in [6.07, 6.45) is 1.71. The van der Waals surface area contributed by atoms with Crippen molar-refractivity contribution in [2.45, 2.75) is 6.92 Å². The summed E-state index contributed by atoms with van der Waals surface area (Å²) >= 11 is 0. The van der Waals surface area contributed by atoms with Gasteiger partial charge < -0.3 is 0 Å². The Balaban J connectivity index is 2.74. The van der Waals surface area contributed by atoms with Gasteiger partial charge in [-0.2, -0.15) is 0 Å². The molecule has 1 aromatic heterocycles. The highest BCUT2D eigenvalue weighted by atomic mass is 16.5. The lowest BCUT2D eigenvalue weighted by Crippen LogP contribution is -2.18. The van der Waals surface area contributed by atoms with Crippen LogP contribution in [0.4, 0.5) is 0 Å². The van der Waals surface area contributed by atoms with E-state index in [9.17, 15) is 4.79 Å². The van der Waals surface area contributed by atoms with Crippen LogP contribution in [0.1, 0.15) is 16.1 Å². The van der Waals surface area contributed by atoms with Gasteiger partial charge in [-0.05, 0) is 24.4 Å². The van der Waals surface area contributed by atoms with Gasteiger partial charge in [-0.1, -0.05) is 12.1 Å². The number of hydrogen-bond donors (Lipinski definition) is 2. The van der Waals surface area contributed by atoms with Gasteiger partial charge in [0.15, 0.2) is 0 Å². The first-order chi connectivity index (χ1) is 7.22.